The average Bonchev–Trinajstić information content (AvgIpc) is 3.13. The van der Waals surface area contributed by atoms with Crippen molar-refractivity contribution in [2.24, 2.45) is 0 Å². The van der Waals surface area contributed by atoms with E-state index in [1.807, 2.05) is 0 Å². The summed E-state index contributed by atoms with van der Waals surface area (Å²) in [4.78, 5) is 25.9. The van der Waals surface area contributed by atoms with Crippen molar-refractivity contribution in [1.82, 2.24) is 4.90 Å². The largest absolute Gasteiger partial charge is 0.479 e. The normalized spacial score (nSPS) is 25.8. The molecular weight excluding hydrogens is 345 g/mol. The van der Waals surface area contributed by atoms with Crippen LogP contribution in [0, 0.1) is 5.82 Å². The Hall–Kier alpha value is -2.03. The lowest BCUT2D eigenvalue weighted by Gasteiger charge is -2.33. The van der Waals surface area contributed by atoms with E-state index < -0.39 is 29.9 Å². The molecule has 2 aliphatic rings. The van der Waals surface area contributed by atoms with Crippen molar-refractivity contribution >= 4 is 11.9 Å². The number of carbonyl (C=O) groups is 2. The maximum Gasteiger partial charge on any atom is 0.336 e. The van der Waals surface area contributed by atoms with Crippen LogP contribution in [0.4, 0.5) is 4.39 Å². The highest BCUT2D eigenvalue weighted by Gasteiger charge is 2.41. The average molecular weight is 367 g/mol. The minimum Gasteiger partial charge on any atom is -0.479 e. The van der Waals surface area contributed by atoms with Gasteiger partial charge in [-0.05, 0) is 30.5 Å². The number of benzene rings is 1. The first-order valence-corrected chi connectivity index (χ1v) is 8.65. The van der Waals surface area contributed by atoms with Gasteiger partial charge in [-0.25, -0.2) is 9.18 Å². The summed E-state index contributed by atoms with van der Waals surface area (Å²) in [6, 6.07) is 5.96. The van der Waals surface area contributed by atoms with E-state index >= 15 is 0 Å². The molecule has 0 saturated carbocycles. The van der Waals surface area contributed by atoms with Crippen molar-refractivity contribution in [1.29, 1.82) is 0 Å². The fraction of sp³-hybridized carbons (Fsp3) is 0.556. The molecule has 1 unspecified atom stereocenters. The van der Waals surface area contributed by atoms with Gasteiger partial charge >= 0.3 is 5.97 Å². The molecule has 2 saturated heterocycles. The van der Waals surface area contributed by atoms with Gasteiger partial charge in [-0.3, -0.25) is 4.79 Å². The Balaban J connectivity index is 1.78. The van der Waals surface area contributed by atoms with Crippen molar-refractivity contribution in [3.05, 3.63) is 35.6 Å². The van der Waals surface area contributed by atoms with Crippen LogP contribution >= 0.6 is 0 Å². The summed E-state index contributed by atoms with van der Waals surface area (Å²) in [5.74, 6) is -2.13. The molecule has 3 rings (SSSR count). The van der Waals surface area contributed by atoms with Gasteiger partial charge < -0.3 is 24.2 Å². The van der Waals surface area contributed by atoms with Crippen LogP contribution in [0.15, 0.2) is 24.3 Å². The van der Waals surface area contributed by atoms with Crippen LogP contribution in [0.5, 0.6) is 0 Å². The second-order valence-corrected chi connectivity index (χ2v) is 6.40. The van der Waals surface area contributed by atoms with E-state index in [1.54, 1.807) is 12.1 Å². The Morgan fingerprint density at radius 1 is 1.15 bits per heavy atom. The molecule has 0 aliphatic carbocycles. The number of hydrogen-bond acceptors (Lipinski definition) is 5. The first kappa shape index (κ1) is 18.8. The number of carbonyl (C=O) groups excluding carboxylic acids is 1. The number of nitrogens with zero attached hydrogens (tertiary/aromatic N) is 1. The number of rotatable bonds is 6. The van der Waals surface area contributed by atoms with Gasteiger partial charge in [0.05, 0.1) is 19.3 Å². The van der Waals surface area contributed by atoms with Crippen molar-refractivity contribution in [2.45, 2.75) is 37.7 Å². The third-order valence-corrected chi connectivity index (χ3v) is 4.46. The number of carboxylic acid groups (broad SMARTS) is 1. The van der Waals surface area contributed by atoms with Crippen molar-refractivity contribution in [3.8, 4) is 0 Å². The molecule has 7 nitrogen and oxygen atoms in total. The number of carboxylic acids is 1. The molecular formula is C18H22FNO6. The maximum atomic E-state index is 13.5. The number of aliphatic carboxylic acids is 1. The third-order valence-electron chi connectivity index (χ3n) is 4.46. The topological polar surface area (TPSA) is 85.3 Å². The Morgan fingerprint density at radius 3 is 2.58 bits per heavy atom. The summed E-state index contributed by atoms with van der Waals surface area (Å²) in [5, 5.41) is 9.30. The lowest BCUT2D eigenvalue weighted by atomic mass is 10.1. The summed E-state index contributed by atoms with van der Waals surface area (Å²) in [6.45, 7) is 1.34. The molecule has 0 bridgehead atoms. The second kappa shape index (κ2) is 8.57. The summed E-state index contributed by atoms with van der Waals surface area (Å²) >= 11 is 0. The van der Waals surface area contributed by atoms with Crippen LogP contribution in [0.3, 0.4) is 0 Å². The number of hydrogen-bond donors (Lipinski definition) is 1. The first-order valence-electron chi connectivity index (χ1n) is 8.65. The standard InChI is InChI=1S/C18H22FNO6/c19-13-4-1-3-12(9-13)10-20(11-14-5-2-6-24-14)17(21)15-16(18(22)23)26-8-7-25-15/h1,3-4,9,14-16H,2,5-8,10-11H2,(H,22,23)/t14?,15-,16+/m0/s1. The zero-order valence-electron chi connectivity index (χ0n) is 14.3. The molecule has 8 heteroatoms. The molecule has 1 amide bonds. The van der Waals surface area contributed by atoms with E-state index in [0.717, 1.165) is 12.8 Å². The minimum absolute atomic E-state index is 0.121. The summed E-state index contributed by atoms with van der Waals surface area (Å²) < 4.78 is 29.7. The van der Waals surface area contributed by atoms with E-state index in [2.05, 4.69) is 0 Å². The van der Waals surface area contributed by atoms with Crippen LogP contribution < -0.4 is 0 Å². The molecule has 2 aliphatic heterocycles. The Labute approximate surface area is 150 Å². The van der Waals surface area contributed by atoms with E-state index in [-0.39, 0.29) is 25.9 Å². The molecule has 26 heavy (non-hydrogen) atoms. The molecule has 1 aromatic carbocycles. The molecule has 1 N–H and O–H groups in total. The first-order chi connectivity index (χ1) is 12.5. The number of amides is 1. The highest BCUT2D eigenvalue weighted by atomic mass is 19.1. The molecule has 0 radical (unpaired) electrons. The summed E-state index contributed by atoms with van der Waals surface area (Å²) in [5.41, 5.74) is 0.611. The lowest BCUT2D eigenvalue weighted by Crippen LogP contribution is -2.54. The zero-order chi connectivity index (χ0) is 18.5. The van der Waals surface area contributed by atoms with Crippen molar-refractivity contribution in [2.75, 3.05) is 26.4 Å². The van der Waals surface area contributed by atoms with E-state index in [0.29, 0.717) is 18.7 Å². The van der Waals surface area contributed by atoms with Gasteiger partial charge in [0.1, 0.15) is 5.82 Å². The molecule has 2 heterocycles. The van der Waals surface area contributed by atoms with Gasteiger partial charge in [0.25, 0.3) is 5.91 Å². The van der Waals surface area contributed by atoms with Gasteiger partial charge in [-0.2, -0.15) is 0 Å². The van der Waals surface area contributed by atoms with Crippen LogP contribution in [0.1, 0.15) is 18.4 Å². The van der Waals surface area contributed by atoms with E-state index in [1.165, 1.54) is 17.0 Å². The van der Waals surface area contributed by atoms with Crippen LogP contribution in [-0.4, -0.2) is 66.6 Å². The van der Waals surface area contributed by atoms with E-state index in [4.69, 9.17) is 14.2 Å². The number of halogens is 1. The van der Waals surface area contributed by atoms with Gasteiger partial charge in [0.15, 0.2) is 12.2 Å². The van der Waals surface area contributed by atoms with Crippen LogP contribution in [-0.2, 0) is 30.3 Å². The molecule has 3 atom stereocenters. The monoisotopic (exact) mass is 367 g/mol. The van der Waals surface area contributed by atoms with Crippen molar-refractivity contribution < 1.29 is 33.3 Å². The maximum absolute atomic E-state index is 13.5. The molecule has 142 valence electrons. The quantitative estimate of drug-likeness (QED) is 0.813. The number of ether oxygens (including phenoxy) is 3. The fourth-order valence-electron chi connectivity index (χ4n) is 3.23. The second-order valence-electron chi connectivity index (χ2n) is 6.40. The SMILES string of the molecule is O=C(O)[C@@H]1OCCO[C@@H]1C(=O)N(Cc1cccc(F)c1)CC1CCCO1. The van der Waals surface area contributed by atoms with Gasteiger partial charge in [-0.15, -0.1) is 0 Å². The summed E-state index contributed by atoms with van der Waals surface area (Å²) in [6.07, 6.45) is -0.975. The Morgan fingerprint density at radius 2 is 1.92 bits per heavy atom. The predicted octanol–water partition coefficient (Wildman–Crippen LogP) is 1.20. The smallest absolute Gasteiger partial charge is 0.336 e. The molecule has 0 aromatic heterocycles. The summed E-state index contributed by atoms with van der Waals surface area (Å²) in [7, 11) is 0. The predicted molar refractivity (Wildman–Crippen MR) is 87.9 cm³/mol. The van der Waals surface area contributed by atoms with Gasteiger partial charge in [0.2, 0.25) is 0 Å². The van der Waals surface area contributed by atoms with Crippen LogP contribution in [0.2, 0.25) is 0 Å². The Kier molecular flexibility index (Phi) is 6.18. The van der Waals surface area contributed by atoms with Crippen molar-refractivity contribution in [3.63, 3.8) is 0 Å². The van der Waals surface area contributed by atoms with Gasteiger partial charge in [0, 0.05) is 19.7 Å². The van der Waals surface area contributed by atoms with E-state index in [9.17, 15) is 19.1 Å². The zero-order valence-corrected chi connectivity index (χ0v) is 14.3. The molecule has 2 fully saturated rings. The lowest BCUT2D eigenvalue weighted by molar-refractivity contribution is -0.190. The minimum atomic E-state index is -1.35. The van der Waals surface area contributed by atoms with Crippen LogP contribution in [0.25, 0.3) is 0 Å². The third kappa shape index (κ3) is 4.57. The Bertz CT molecular complexity index is 648. The molecule has 1 aromatic rings. The highest BCUT2D eigenvalue weighted by molar-refractivity contribution is 5.88. The highest BCUT2D eigenvalue weighted by Crippen LogP contribution is 2.20. The van der Waals surface area contributed by atoms with Gasteiger partial charge in [-0.1, -0.05) is 12.1 Å². The fourth-order valence-corrected chi connectivity index (χ4v) is 3.23. The molecule has 0 spiro atoms.